The zero-order valence-electron chi connectivity index (χ0n) is 19.3. The summed E-state index contributed by atoms with van der Waals surface area (Å²) in [6.07, 6.45) is 3.00. The molecule has 0 spiro atoms. The van der Waals surface area contributed by atoms with Gasteiger partial charge in [0.25, 0.3) is 0 Å². The topological polar surface area (TPSA) is 93.2 Å². The zero-order valence-corrected chi connectivity index (χ0v) is 20.9. The number of sulfone groups is 1. The fourth-order valence-electron chi connectivity index (χ4n) is 3.48. The van der Waals surface area contributed by atoms with Gasteiger partial charge < -0.3 is 0 Å². The molecule has 33 heavy (non-hydrogen) atoms. The van der Waals surface area contributed by atoms with Crippen LogP contribution in [0.15, 0.2) is 82.8 Å². The molecule has 3 rings (SSSR count). The van der Waals surface area contributed by atoms with E-state index >= 15 is 0 Å². The van der Waals surface area contributed by atoms with Crippen molar-refractivity contribution in [3.8, 4) is 0 Å². The molecule has 2 aromatic carbocycles. The van der Waals surface area contributed by atoms with Crippen molar-refractivity contribution in [2.24, 2.45) is 0 Å². The van der Waals surface area contributed by atoms with Crippen molar-refractivity contribution >= 4 is 19.9 Å². The quantitative estimate of drug-likeness (QED) is 0.468. The summed E-state index contributed by atoms with van der Waals surface area (Å²) in [5.74, 6) is 0.543. The molecule has 1 heterocycles. The van der Waals surface area contributed by atoms with E-state index in [-0.39, 0.29) is 28.2 Å². The largest absolute Gasteiger partial charge is 0.264 e. The molecule has 0 radical (unpaired) electrons. The highest BCUT2D eigenvalue weighted by Gasteiger charge is 2.31. The third kappa shape index (κ3) is 5.88. The maximum absolute atomic E-state index is 13.5. The zero-order chi connectivity index (χ0) is 24.2. The van der Waals surface area contributed by atoms with Crippen LogP contribution >= 0.6 is 0 Å². The Labute approximate surface area is 197 Å². The van der Waals surface area contributed by atoms with Crippen LogP contribution < -0.4 is 4.72 Å². The molecule has 0 saturated heterocycles. The summed E-state index contributed by atoms with van der Waals surface area (Å²) in [5, 5.41) is -1.12. The minimum absolute atomic E-state index is 0.0931. The fraction of sp³-hybridized carbons (Fsp3) is 0.320. The van der Waals surface area contributed by atoms with Crippen molar-refractivity contribution < 1.29 is 16.8 Å². The average Bonchev–Trinajstić information content (AvgIpc) is 2.79. The van der Waals surface area contributed by atoms with Crippen molar-refractivity contribution in [3.05, 3.63) is 89.7 Å². The minimum atomic E-state index is -3.90. The molecule has 6 nitrogen and oxygen atoms in total. The summed E-state index contributed by atoms with van der Waals surface area (Å²) < 4.78 is 55.4. The first-order valence-electron chi connectivity index (χ1n) is 10.9. The van der Waals surface area contributed by atoms with Crippen LogP contribution in [0.2, 0.25) is 0 Å². The van der Waals surface area contributed by atoms with E-state index in [0.29, 0.717) is 5.56 Å². The molecule has 1 unspecified atom stereocenters. The maximum Gasteiger partial charge on any atom is 0.240 e. The first kappa shape index (κ1) is 25.1. The van der Waals surface area contributed by atoms with Crippen LogP contribution in [-0.2, 0) is 19.9 Å². The van der Waals surface area contributed by atoms with Gasteiger partial charge in [-0.3, -0.25) is 4.98 Å². The van der Waals surface area contributed by atoms with Crippen LogP contribution in [0.1, 0.15) is 61.5 Å². The second-order valence-corrected chi connectivity index (χ2v) is 12.5. The number of sulfonamides is 1. The van der Waals surface area contributed by atoms with Crippen LogP contribution in [0.5, 0.6) is 0 Å². The van der Waals surface area contributed by atoms with E-state index in [2.05, 4.69) is 9.71 Å². The van der Waals surface area contributed by atoms with Gasteiger partial charge in [0.2, 0.25) is 10.0 Å². The van der Waals surface area contributed by atoms with E-state index in [0.717, 1.165) is 11.1 Å². The molecular formula is C25H30N2O4S2. The summed E-state index contributed by atoms with van der Waals surface area (Å²) in [5.41, 5.74) is 2.47. The molecule has 1 atom stereocenters. The molecule has 1 N–H and O–H groups in total. The summed E-state index contributed by atoms with van der Waals surface area (Å²) in [4.78, 5) is 4.27. The average molecular weight is 487 g/mol. The van der Waals surface area contributed by atoms with Gasteiger partial charge in [0.05, 0.1) is 9.79 Å². The van der Waals surface area contributed by atoms with E-state index in [1.165, 1.54) is 18.3 Å². The van der Waals surface area contributed by atoms with Gasteiger partial charge in [-0.1, -0.05) is 58.0 Å². The maximum atomic E-state index is 13.5. The molecule has 0 aliphatic rings. The number of benzene rings is 2. The third-order valence-corrected chi connectivity index (χ3v) is 9.18. The first-order valence-corrected chi connectivity index (χ1v) is 13.9. The predicted octanol–water partition coefficient (Wildman–Crippen LogP) is 4.82. The Hall–Kier alpha value is -2.55. The van der Waals surface area contributed by atoms with Crippen LogP contribution in [0.4, 0.5) is 0 Å². The van der Waals surface area contributed by atoms with Gasteiger partial charge in [-0.25, -0.2) is 21.6 Å². The number of hydrogen-bond acceptors (Lipinski definition) is 5. The van der Waals surface area contributed by atoms with Crippen LogP contribution in [-0.4, -0.2) is 28.4 Å². The molecule has 8 heteroatoms. The van der Waals surface area contributed by atoms with Gasteiger partial charge in [-0.15, -0.1) is 0 Å². The predicted molar refractivity (Wildman–Crippen MR) is 130 cm³/mol. The Bertz CT molecular complexity index is 1270. The van der Waals surface area contributed by atoms with Gasteiger partial charge >= 0.3 is 0 Å². The lowest BCUT2D eigenvalue weighted by molar-refractivity contribution is 0.568. The Morgan fingerprint density at radius 1 is 0.727 bits per heavy atom. The Morgan fingerprint density at radius 3 is 1.70 bits per heavy atom. The monoisotopic (exact) mass is 486 g/mol. The highest BCUT2D eigenvalue weighted by molar-refractivity contribution is 7.92. The number of rotatable bonds is 9. The molecule has 0 amide bonds. The van der Waals surface area contributed by atoms with E-state index in [1.807, 2.05) is 27.7 Å². The molecule has 0 aliphatic heterocycles. The molecule has 0 saturated carbocycles. The Balaban J connectivity index is 1.92. The standard InChI is InChI=1S/C25H30N2O4S2/c1-18(2)20-7-11-23(12-8-20)32(28,29)25(22-6-5-15-26-16-22)17-27-33(30,31)24-13-9-21(10-14-24)19(3)4/h5-16,18-19,25,27H,17H2,1-4H3. The van der Waals surface area contributed by atoms with Crippen LogP contribution in [0, 0.1) is 0 Å². The molecular weight excluding hydrogens is 456 g/mol. The second kappa shape index (κ2) is 10.2. The Morgan fingerprint density at radius 2 is 1.24 bits per heavy atom. The lowest BCUT2D eigenvalue weighted by Gasteiger charge is -2.19. The SMILES string of the molecule is CC(C)c1ccc(S(=O)(=O)NCC(c2cccnc2)S(=O)(=O)c2ccc(C(C)C)cc2)cc1. The summed E-state index contributed by atoms with van der Waals surface area (Å²) in [7, 11) is -7.79. The number of pyridine rings is 1. The minimum Gasteiger partial charge on any atom is -0.264 e. The van der Waals surface area contributed by atoms with Gasteiger partial charge in [0, 0.05) is 18.9 Å². The van der Waals surface area contributed by atoms with Crippen molar-refractivity contribution in [1.82, 2.24) is 9.71 Å². The van der Waals surface area contributed by atoms with Crippen LogP contribution in [0.25, 0.3) is 0 Å². The molecule has 0 bridgehead atoms. The molecule has 1 aromatic heterocycles. The van der Waals surface area contributed by atoms with Crippen molar-refractivity contribution in [3.63, 3.8) is 0 Å². The van der Waals surface area contributed by atoms with Crippen molar-refractivity contribution in [2.75, 3.05) is 6.54 Å². The summed E-state index contributed by atoms with van der Waals surface area (Å²) in [6, 6.07) is 16.6. The number of nitrogens with zero attached hydrogens (tertiary/aromatic N) is 1. The van der Waals surface area contributed by atoms with E-state index in [9.17, 15) is 16.8 Å². The smallest absolute Gasteiger partial charge is 0.240 e. The molecule has 0 fully saturated rings. The van der Waals surface area contributed by atoms with Gasteiger partial charge in [-0.05, 0) is 58.9 Å². The van der Waals surface area contributed by atoms with E-state index in [4.69, 9.17) is 0 Å². The summed E-state index contributed by atoms with van der Waals surface area (Å²) >= 11 is 0. The molecule has 0 aliphatic carbocycles. The Kier molecular flexibility index (Phi) is 7.72. The fourth-order valence-corrected chi connectivity index (χ4v) is 6.28. The molecule has 176 valence electrons. The van der Waals surface area contributed by atoms with E-state index < -0.39 is 25.1 Å². The van der Waals surface area contributed by atoms with Crippen LogP contribution in [0.3, 0.4) is 0 Å². The van der Waals surface area contributed by atoms with Gasteiger partial charge in [-0.2, -0.15) is 0 Å². The van der Waals surface area contributed by atoms with Gasteiger partial charge in [0.15, 0.2) is 9.84 Å². The highest BCUT2D eigenvalue weighted by Crippen LogP contribution is 2.30. The number of hydrogen-bond donors (Lipinski definition) is 1. The van der Waals surface area contributed by atoms with Crippen molar-refractivity contribution in [2.45, 2.75) is 54.6 Å². The third-order valence-electron chi connectivity index (χ3n) is 5.62. The molecule has 3 aromatic rings. The second-order valence-electron chi connectivity index (χ2n) is 8.62. The van der Waals surface area contributed by atoms with Crippen molar-refractivity contribution in [1.29, 1.82) is 0 Å². The first-order chi connectivity index (χ1) is 15.5. The summed E-state index contributed by atoms with van der Waals surface area (Å²) in [6.45, 7) is 7.81. The van der Waals surface area contributed by atoms with Gasteiger partial charge in [0.1, 0.15) is 5.25 Å². The highest BCUT2D eigenvalue weighted by atomic mass is 32.2. The lowest BCUT2D eigenvalue weighted by Crippen LogP contribution is -2.32. The normalized spacial score (nSPS) is 13.4. The lowest BCUT2D eigenvalue weighted by atomic mass is 10.0. The number of aromatic nitrogens is 1. The number of nitrogens with one attached hydrogen (secondary N) is 1. The van der Waals surface area contributed by atoms with E-state index in [1.54, 1.807) is 54.7 Å².